The largest absolute Gasteiger partial charge is 0.462 e. The lowest BCUT2D eigenvalue weighted by Gasteiger charge is -2.26. The molecule has 26 heavy (non-hydrogen) atoms. The van der Waals surface area contributed by atoms with Crippen molar-refractivity contribution < 1.29 is 27.2 Å². The van der Waals surface area contributed by atoms with E-state index in [1.807, 2.05) is 6.92 Å². The SMILES string of the molecule is CC(=O)O[C@@H]1CCCCC[C@H]1C[C@@H](O)COS(=O)(=O)c1ccc(C)cc1. The van der Waals surface area contributed by atoms with Crippen molar-refractivity contribution in [1.29, 1.82) is 0 Å². The number of carbonyl (C=O) groups excluding carboxylic acids is 1. The number of esters is 1. The van der Waals surface area contributed by atoms with Crippen molar-refractivity contribution in [2.24, 2.45) is 5.92 Å². The van der Waals surface area contributed by atoms with Crippen molar-refractivity contribution in [3.05, 3.63) is 29.8 Å². The van der Waals surface area contributed by atoms with Crippen LogP contribution >= 0.6 is 0 Å². The van der Waals surface area contributed by atoms with E-state index in [0.717, 1.165) is 37.7 Å². The van der Waals surface area contributed by atoms with E-state index < -0.39 is 16.2 Å². The Labute approximate surface area is 155 Å². The first-order valence-corrected chi connectivity index (χ1v) is 10.5. The van der Waals surface area contributed by atoms with Crippen LogP contribution in [0, 0.1) is 12.8 Å². The van der Waals surface area contributed by atoms with Crippen LogP contribution in [0.3, 0.4) is 0 Å². The van der Waals surface area contributed by atoms with Gasteiger partial charge in [0.25, 0.3) is 10.1 Å². The fraction of sp³-hybridized carbons (Fsp3) is 0.632. The molecule has 7 heteroatoms. The van der Waals surface area contributed by atoms with E-state index in [1.54, 1.807) is 12.1 Å². The van der Waals surface area contributed by atoms with E-state index in [1.165, 1.54) is 19.1 Å². The van der Waals surface area contributed by atoms with Crippen LogP contribution in [0.25, 0.3) is 0 Å². The van der Waals surface area contributed by atoms with Gasteiger partial charge in [-0.3, -0.25) is 8.98 Å². The molecule has 0 radical (unpaired) electrons. The summed E-state index contributed by atoms with van der Waals surface area (Å²) in [4.78, 5) is 11.4. The number of hydrogen-bond donors (Lipinski definition) is 1. The Hall–Kier alpha value is -1.44. The lowest BCUT2D eigenvalue weighted by atomic mass is 9.91. The fourth-order valence-corrected chi connectivity index (χ4v) is 4.29. The first kappa shape index (κ1) is 20.9. The van der Waals surface area contributed by atoms with E-state index in [-0.39, 0.29) is 29.5 Å². The summed E-state index contributed by atoms with van der Waals surface area (Å²) in [5.74, 6) is -0.309. The highest BCUT2D eigenvalue weighted by Crippen LogP contribution is 2.29. The van der Waals surface area contributed by atoms with Crippen molar-refractivity contribution >= 4 is 16.1 Å². The molecule has 1 aromatic carbocycles. The summed E-state index contributed by atoms with van der Waals surface area (Å²) in [5.41, 5.74) is 0.953. The maximum Gasteiger partial charge on any atom is 0.302 e. The number of benzene rings is 1. The van der Waals surface area contributed by atoms with Crippen LogP contribution in [-0.2, 0) is 23.8 Å². The maximum atomic E-state index is 12.2. The van der Waals surface area contributed by atoms with Gasteiger partial charge < -0.3 is 9.84 Å². The first-order chi connectivity index (χ1) is 12.3. The third kappa shape index (κ3) is 6.37. The maximum absolute atomic E-state index is 12.2. The van der Waals surface area contributed by atoms with Gasteiger partial charge in [-0.05, 0) is 50.7 Å². The molecule has 0 heterocycles. The van der Waals surface area contributed by atoms with Crippen molar-refractivity contribution in [2.45, 2.75) is 69.5 Å². The number of aryl methyl sites for hydroxylation is 1. The normalized spacial score (nSPS) is 22.4. The Bertz CT molecular complexity index is 682. The summed E-state index contributed by atoms with van der Waals surface area (Å²) in [7, 11) is -3.90. The summed E-state index contributed by atoms with van der Waals surface area (Å²) in [6, 6.07) is 6.36. The third-order valence-corrected chi connectivity index (χ3v) is 6.00. The van der Waals surface area contributed by atoms with Gasteiger partial charge >= 0.3 is 5.97 Å². The van der Waals surface area contributed by atoms with E-state index in [2.05, 4.69) is 0 Å². The van der Waals surface area contributed by atoms with Crippen LogP contribution in [0.15, 0.2) is 29.2 Å². The van der Waals surface area contributed by atoms with Gasteiger partial charge in [0.15, 0.2) is 0 Å². The van der Waals surface area contributed by atoms with E-state index in [0.29, 0.717) is 6.42 Å². The minimum absolute atomic E-state index is 0.0158. The molecular weight excluding hydrogens is 356 g/mol. The molecule has 3 atom stereocenters. The Balaban J connectivity index is 1.92. The molecule has 1 fully saturated rings. The highest BCUT2D eigenvalue weighted by Gasteiger charge is 2.29. The number of carbonyl (C=O) groups is 1. The smallest absolute Gasteiger partial charge is 0.302 e. The van der Waals surface area contributed by atoms with E-state index in [9.17, 15) is 18.3 Å². The zero-order valence-electron chi connectivity index (χ0n) is 15.4. The highest BCUT2D eigenvalue weighted by molar-refractivity contribution is 7.86. The molecule has 0 saturated heterocycles. The molecule has 0 aliphatic heterocycles. The molecule has 1 aromatic rings. The zero-order chi connectivity index (χ0) is 19.2. The average molecular weight is 384 g/mol. The Kier molecular flexibility index (Phi) is 7.61. The van der Waals surface area contributed by atoms with Gasteiger partial charge in [-0.25, -0.2) is 0 Å². The third-order valence-electron chi connectivity index (χ3n) is 4.71. The van der Waals surface area contributed by atoms with Crippen molar-refractivity contribution in [3.8, 4) is 0 Å². The summed E-state index contributed by atoms with van der Waals surface area (Å²) in [6.45, 7) is 2.95. The Morgan fingerprint density at radius 2 is 1.85 bits per heavy atom. The molecule has 0 spiro atoms. The number of rotatable bonds is 7. The molecule has 0 bridgehead atoms. The van der Waals surface area contributed by atoms with Crippen LogP contribution in [-0.4, -0.2) is 38.3 Å². The van der Waals surface area contributed by atoms with Crippen molar-refractivity contribution in [2.75, 3.05) is 6.61 Å². The lowest BCUT2D eigenvalue weighted by molar-refractivity contribution is -0.150. The number of aliphatic hydroxyl groups excluding tert-OH is 1. The predicted molar refractivity (Wildman–Crippen MR) is 97.1 cm³/mol. The van der Waals surface area contributed by atoms with Crippen molar-refractivity contribution in [1.82, 2.24) is 0 Å². The highest BCUT2D eigenvalue weighted by atomic mass is 32.2. The second-order valence-corrected chi connectivity index (χ2v) is 8.60. The molecule has 1 aliphatic carbocycles. The van der Waals surface area contributed by atoms with E-state index in [4.69, 9.17) is 8.92 Å². The van der Waals surface area contributed by atoms with E-state index >= 15 is 0 Å². The van der Waals surface area contributed by atoms with Crippen molar-refractivity contribution in [3.63, 3.8) is 0 Å². The van der Waals surface area contributed by atoms with Gasteiger partial charge in [0.1, 0.15) is 6.10 Å². The zero-order valence-corrected chi connectivity index (χ0v) is 16.2. The predicted octanol–water partition coefficient (Wildman–Crippen LogP) is 2.96. The number of hydrogen-bond acceptors (Lipinski definition) is 6. The van der Waals surface area contributed by atoms with Crippen LogP contribution in [0.2, 0.25) is 0 Å². The monoisotopic (exact) mass is 384 g/mol. The first-order valence-electron chi connectivity index (χ1n) is 9.09. The van der Waals surface area contributed by atoms with Crippen LogP contribution in [0.4, 0.5) is 0 Å². The van der Waals surface area contributed by atoms with Gasteiger partial charge in [-0.1, -0.05) is 30.5 Å². The summed E-state index contributed by atoms with van der Waals surface area (Å²) in [6.07, 6.45) is 3.89. The standard InChI is InChI=1S/C19H28O6S/c1-14-8-10-18(11-9-14)26(22,23)24-13-17(21)12-16-6-4-3-5-7-19(16)25-15(2)20/h8-11,16-17,19,21H,3-7,12-13H2,1-2H3/t16-,17+,19+/m0/s1. The van der Waals surface area contributed by atoms with Crippen LogP contribution in [0.1, 0.15) is 51.0 Å². The molecule has 0 amide bonds. The molecule has 1 aliphatic rings. The van der Waals surface area contributed by atoms with Gasteiger partial charge in [-0.15, -0.1) is 0 Å². The molecule has 146 valence electrons. The average Bonchev–Trinajstić information content (AvgIpc) is 2.78. The van der Waals surface area contributed by atoms with Crippen LogP contribution in [0.5, 0.6) is 0 Å². The molecule has 1 saturated carbocycles. The second-order valence-electron chi connectivity index (χ2n) is 6.99. The Morgan fingerprint density at radius 3 is 2.50 bits per heavy atom. The van der Waals surface area contributed by atoms with Crippen LogP contribution < -0.4 is 0 Å². The molecule has 1 N–H and O–H groups in total. The minimum Gasteiger partial charge on any atom is -0.462 e. The number of ether oxygens (including phenoxy) is 1. The molecular formula is C19H28O6S. The Morgan fingerprint density at radius 1 is 1.19 bits per heavy atom. The molecule has 0 aromatic heterocycles. The quantitative estimate of drug-likeness (QED) is 0.442. The van der Waals surface area contributed by atoms with Gasteiger partial charge in [0.05, 0.1) is 17.6 Å². The lowest BCUT2D eigenvalue weighted by Crippen LogP contribution is -2.30. The topological polar surface area (TPSA) is 89.9 Å². The second kappa shape index (κ2) is 9.48. The molecule has 6 nitrogen and oxygen atoms in total. The van der Waals surface area contributed by atoms with Gasteiger partial charge in [-0.2, -0.15) is 8.42 Å². The fourth-order valence-electron chi connectivity index (χ4n) is 3.35. The van der Waals surface area contributed by atoms with Gasteiger partial charge in [0.2, 0.25) is 0 Å². The summed E-state index contributed by atoms with van der Waals surface area (Å²) >= 11 is 0. The molecule has 2 rings (SSSR count). The number of aliphatic hydroxyl groups is 1. The summed E-state index contributed by atoms with van der Waals surface area (Å²) < 4.78 is 34.8. The minimum atomic E-state index is -3.90. The summed E-state index contributed by atoms with van der Waals surface area (Å²) in [5, 5.41) is 10.3. The van der Waals surface area contributed by atoms with Gasteiger partial charge in [0, 0.05) is 6.92 Å². The molecule has 0 unspecified atom stereocenters.